The highest BCUT2D eigenvalue weighted by atomic mass is 32.1. The average molecular weight is 305 g/mol. The third kappa shape index (κ3) is 5.05. The van der Waals surface area contributed by atoms with Gasteiger partial charge in [0.05, 0.1) is 5.69 Å². The van der Waals surface area contributed by atoms with Gasteiger partial charge in [0, 0.05) is 11.9 Å². The Hall–Kier alpha value is -2.12. The lowest BCUT2D eigenvalue weighted by Gasteiger charge is -2.06. The van der Waals surface area contributed by atoms with Gasteiger partial charge in [-0.25, -0.2) is 15.6 Å². The fourth-order valence-electron chi connectivity index (χ4n) is 2.02. The summed E-state index contributed by atoms with van der Waals surface area (Å²) in [5, 5.41) is 5.27. The third-order valence-corrected chi connectivity index (χ3v) is 3.78. The Labute approximate surface area is 127 Å². The van der Waals surface area contributed by atoms with E-state index in [9.17, 15) is 4.79 Å². The number of nitrogens with zero attached hydrogens (tertiary/aromatic N) is 1. The largest absolute Gasteiger partial charge is 0.375 e. The van der Waals surface area contributed by atoms with Gasteiger partial charge in [0.15, 0.2) is 5.13 Å². The van der Waals surface area contributed by atoms with Crippen molar-refractivity contribution < 1.29 is 4.79 Å². The lowest BCUT2D eigenvalue weighted by atomic mass is 10.0. The van der Waals surface area contributed by atoms with Crippen LogP contribution in [0.3, 0.4) is 0 Å². The molecule has 1 aromatic heterocycles. The molecule has 0 aliphatic heterocycles. The monoisotopic (exact) mass is 305 g/mol. The Morgan fingerprint density at radius 3 is 2.67 bits per heavy atom. The minimum absolute atomic E-state index is 0.368. The molecule has 7 heteroatoms. The summed E-state index contributed by atoms with van der Waals surface area (Å²) in [7, 11) is 0. The molecule has 112 valence electrons. The van der Waals surface area contributed by atoms with E-state index in [0.717, 1.165) is 25.0 Å². The zero-order valence-corrected chi connectivity index (χ0v) is 12.5. The van der Waals surface area contributed by atoms with Crippen molar-refractivity contribution in [3.05, 3.63) is 46.5 Å². The Kier molecular flexibility index (Phi) is 5.53. The Morgan fingerprint density at radius 1 is 1.24 bits per heavy atom. The van der Waals surface area contributed by atoms with Gasteiger partial charge >= 0.3 is 6.03 Å². The number of thiazole rings is 1. The summed E-state index contributed by atoms with van der Waals surface area (Å²) in [5.41, 5.74) is 11.1. The molecule has 0 aliphatic carbocycles. The van der Waals surface area contributed by atoms with E-state index >= 15 is 0 Å². The second-order valence-electron chi connectivity index (χ2n) is 4.65. The van der Waals surface area contributed by atoms with Gasteiger partial charge in [-0.05, 0) is 30.4 Å². The summed E-state index contributed by atoms with van der Waals surface area (Å²) < 4.78 is 0. The van der Waals surface area contributed by atoms with Crippen LogP contribution in [-0.4, -0.2) is 17.6 Å². The smallest absolute Gasteiger partial charge is 0.328 e. The quantitative estimate of drug-likeness (QED) is 0.366. The van der Waals surface area contributed by atoms with Gasteiger partial charge < -0.3 is 11.1 Å². The van der Waals surface area contributed by atoms with Crippen LogP contribution in [0.15, 0.2) is 29.6 Å². The number of nitrogens with two attached hydrogens (primary N) is 2. The summed E-state index contributed by atoms with van der Waals surface area (Å²) in [6.45, 7) is 0.551. The van der Waals surface area contributed by atoms with Crippen molar-refractivity contribution in [1.29, 1.82) is 0 Å². The molecule has 21 heavy (non-hydrogen) atoms. The zero-order valence-electron chi connectivity index (χ0n) is 11.6. The molecule has 6 N–H and O–H groups in total. The summed E-state index contributed by atoms with van der Waals surface area (Å²) in [6, 6.07) is 7.96. The molecule has 0 radical (unpaired) electrons. The van der Waals surface area contributed by atoms with Gasteiger partial charge in [-0.3, -0.25) is 5.43 Å². The molecule has 6 nitrogen and oxygen atoms in total. The number of aromatic nitrogens is 1. The van der Waals surface area contributed by atoms with Crippen molar-refractivity contribution in [1.82, 2.24) is 15.7 Å². The zero-order chi connectivity index (χ0) is 15.1. The normalized spacial score (nSPS) is 10.3. The highest BCUT2D eigenvalue weighted by Crippen LogP contribution is 2.14. The number of hydrazine groups is 1. The molecule has 1 heterocycles. The summed E-state index contributed by atoms with van der Waals surface area (Å²) in [4.78, 5) is 15.2. The fourth-order valence-corrected chi connectivity index (χ4v) is 2.62. The predicted molar refractivity (Wildman–Crippen MR) is 84.8 cm³/mol. The lowest BCUT2D eigenvalue weighted by molar-refractivity contribution is 0.241. The van der Waals surface area contributed by atoms with E-state index in [4.69, 9.17) is 11.6 Å². The number of aryl methyl sites for hydroxylation is 2. The minimum Gasteiger partial charge on any atom is -0.375 e. The SMILES string of the molecule is NNC(=O)NCCc1cccc(CCc2csc(N)n2)c1. The van der Waals surface area contributed by atoms with E-state index in [1.807, 2.05) is 22.9 Å². The first kappa shape index (κ1) is 15.3. The molecule has 0 aliphatic rings. The number of nitrogens with one attached hydrogen (secondary N) is 2. The first-order valence-electron chi connectivity index (χ1n) is 6.69. The van der Waals surface area contributed by atoms with Crippen molar-refractivity contribution in [2.75, 3.05) is 12.3 Å². The Morgan fingerprint density at radius 2 is 2.00 bits per heavy atom. The molecular formula is C14H19N5OS. The number of benzene rings is 1. The molecule has 0 fully saturated rings. The van der Waals surface area contributed by atoms with Crippen molar-refractivity contribution in [2.24, 2.45) is 5.84 Å². The number of carbonyl (C=O) groups excluding carboxylic acids is 1. The predicted octanol–water partition coefficient (Wildman–Crippen LogP) is 1.23. The Balaban J connectivity index is 1.84. The minimum atomic E-state index is -0.368. The van der Waals surface area contributed by atoms with Gasteiger partial charge in [0.2, 0.25) is 0 Å². The second-order valence-corrected chi connectivity index (χ2v) is 5.54. The lowest BCUT2D eigenvalue weighted by Crippen LogP contribution is -2.40. The molecule has 0 saturated heterocycles. The molecule has 0 bridgehead atoms. The molecule has 0 unspecified atom stereocenters. The van der Waals surface area contributed by atoms with Crippen LogP contribution in [0.25, 0.3) is 0 Å². The number of hydrogen-bond acceptors (Lipinski definition) is 5. The van der Waals surface area contributed by atoms with Gasteiger partial charge in [-0.15, -0.1) is 11.3 Å². The van der Waals surface area contributed by atoms with Crippen LogP contribution in [0, 0.1) is 0 Å². The average Bonchev–Trinajstić information content (AvgIpc) is 2.91. The van der Waals surface area contributed by atoms with Crippen LogP contribution in [0.4, 0.5) is 9.93 Å². The number of nitrogen functional groups attached to an aromatic ring is 1. The number of urea groups is 1. The van der Waals surface area contributed by atoms with E-state index < -0.39 is 0 Å². The third-order valence-electron chi connectivity index (χ3n) is 3.06. The van der Waals surface area contributed by atoms with Crippen molar-refractivity contribution in [2.45, 2.75) is 19.3 Å². The molecule has 0 spiro atoms. The van der Waals surface area contributed by atoms with E-state index in [0.29, 0.717) is 11.7 Å². The van der Waals surface area contributed by atoms with Crippen LogP contribution in [0.1, 0.15) is 16.8 Å². The molecule has 2 amide bonds. The topological polar surface area (TPSA) is 106 Å². The van der Waals surface area contributed by atoms with Crippen LogP contribution in [-0.2, 0) is 19.3 Å². The number of hydrogen-bond donors (Lipinski definition) is 4. The van der Waals surface area contributed by atoms with Crippen LogP contribution in [0.5, 0.6) is 0 Å². The highest BCUT2D eigenvalue weighted by molar-refractivity contribution is 7.13. The number of rotatable bonds is 6. The van der Waals surface area contributed by atoms with Gasteiger partial charge in [-0.1, -0.05) is 24.3 Å². The maximum atomic E-state index is 11.0. The van der Waals surface area contributed by atoms with Crippen LogP contribution < -0.4 is 22.3 Å². The second kappa shape index (κ2) is 7.61. The molecule has 1 aromatic carbocycles. The molecule has 2 aromatic rings. The van der Waals surface area contributed by atoms with E-state index in [-0.39, 0.29) is 6.03 Å². The van der Waals surface area contributed by atoms with Crippen molar-refractivity contribution in [3.8, 4) is 0 Å². The van der Waals surface area contributed by atoms with E-state index in [2.05, 4.69) is 22.4 Å². The molecular weight excluding hydrogens is 286 g/mol. The molecule has 0 saturated carbocycles. The summed E-state index contributed by atoms with van der Waals surface area (Å²) >= 11 is 1.47. The number of amides is 2. The Bertz CT molecular complexity index is 599. The van der Waals surface area contributed by atoms with Crippen molar-refractivity contribution >= 4 is 22.5 Å². The number of anilines is 1. The first-order valence-corrected chi connectivity index (χ1v) is 7.57. The highest BCUT2D eigenvalue weighted by Gasteiger charge is 2.02. The number of carbonyl (C=O) groups is 1. The van der Waals surface area contributed by atoms with E-state index in [1.165, 1.54) is 22.5 Å². The summed E-state index contributed by atoms with van der Waals surface area (Å²) in [6.07, 6.45) is 2.57. The summed E-state index contributed by atoms with van der Waals surface area (Å²) in [5.74, 6) is 5.00. The maximum Gasteiger partial charge on any atom is 0.328 e. The van der Waals surface area contributed by atoms with Crippen LogP contribution >= 0.6 is 11.3 Å². The van der Waals surface area contributed by atoms with Crippen LogP contribution in [0.2, 0.25) is 0 Å². The van der Waals surface area contributed by atoms with Gasteiger partial charge in [0.1, 0.15) is 0 Å². The van der Waals surface area contributed by atoms with Gasteiger partial charge in [-0.2, -0.15) is 0 Å². The fraction of sp³-hybridized carbons (Fsp3) is 0.286. The first-order chi connectivity index (χ1) is 10.2. The van der Waals surface area contributed by atoms with Crippen molar-refractivity contribution in [3.63, 3.8) is 0 Å². The molecule has 0 atom stereocenters. The molecule has 2 rings (SSSR count). The van der Waals surface area contributed by atoms with E-state index in [1.54, 1.807) is 0 Å². The van der Waals surface area contributed by atoms with Gasteiger partial charge in [0.25, 0.3) is 0 Å². The standard InChI is InChI=1S/C14H19N5OS/c15-13-18-12(9-21-13)5-4-10-2-1-3-11(8-10)6-7-17-14(20)19-16/h1-3,8-9H,4-7,16H2,(H2,15,18)(H2,17,19,20). The maximum absolute atomic E-state index is 11.0.